The van der Waals surface area contributed by atoms with Crippen LogP contribution in [0.1, 0.15) is 106 Å². The highest BCUT2D eigenvalue weighted by atomic mass is 16.5. The van der Waals surface area contributed by atoms with E-state index in [-0.39, 0.29) is 72.9 Å². The maximum Gasteiger partial charge on any atom is 0.326 e. The summed E-state index contributed by atoms with van der Waals surface area (Å²) in [5.74, 6) is -4.07. The highest BCUT2D eigenvalue weighted by Gasteiger charge is 2.68. The average Bonchev–Trinajstić information content (AvgIpc) is 3.27. The van der Waals surface area contributed by atoms with Crippen molar-refractivity contribution in [3.63, 3.8) is 0 Å². The van der Waals surface area contributed by atoms with Crippen molar-refractivity contribution in [2.75, 3.05) is 6.61 Å². The van der Waals surface area contributed by atoms with Gasteiger partial charge in [-0.25, -0.2) is 4.79 Å². The number of Topliss-reactive ketones (excluding diaryl/α,β-unsaturated/α-hetero) is 1. The third-order valence-electron chi connectivity index (χ3n) is 12.0. The van der Waals surface area contributed by atoms with Crippen LogP contribution in [0, 0.1) is 40.4 Å². The number of carboxylic acids is 1. The second-order valence-electron chi connectivity index (χ2n) is 15.9. The van der Waals surface area contributed by atoms with Crippen molar-refractivity contribution in [1.82, 2.24) is 10.6 Å². The van der Waals surface area contributed by atoms with Gasteiger partial charge in [0.05, 0.1) is 12.5 Å². The molecule has 3 fully saturated rings. The number of fused-ring (bicyclic) bond motifs is 5. The topological polar surface area (TPSA) is 196 Å². The molecule has 0 aromatic heterocycles. The summed E-state index contributed by atoms with van der Waals surface area (Å²) >= 11 is 0. The summed E-state index contributed by atoms with van der Waals surface area (Å²) < 4.78 is 5.23. The number of carbonyl (C=O) groups excluding carboxylic acids is 5. The van der Waals surface area contributed by atoms with Crippen molar-refractivity contribution in [1.29, 1.82) is 0 Å². The van der Waals surface area contributed by atoms with Gasteiger partial charge in [0.1, 0.15) is 17.7 Å². The second-order valence-corrected chi connectivity index (χ2v) is 15.9. The van der Waals surface area contributed by atoms with Gasteiger partial charge in [0.2, 0.25) is 17.6 Å². The lowest BCUT2D eigenvalue weighted by Gasteiger charge is -2.60. The molecule has 4 rings (SSSR count). The number of hydrogen-bond donors (Lipinski definition) is 5. The lowest BCUT2D eigenvalue weighted by atomic mass is 9.45. The minimum atomic E-state index is -1.79. The first kappa shape index (κ1) is 37.7. The summed E-state index contributed by atoms with van der Waals surface area (Å²) in [7, 11) is 0. The Labute approximate surface area is 282 Å². The molecule has 3 saturated carbocycles. The van der Waals surface area contributed by atoms with Crippen molar-refractivity contribution in [3.05, 3.63) is 11.6 Å². The zero-order valence-corrected chi connectivity index (χ0v) is 29.2. The third kappa shape index (κ3) is 7.25. The Balaban J connectivity index is 1.32. The number of aliphatic carboxylic acids is 1. The number of carboxylic acid groups (broad SMARTS) is 1. The fraction of sp³-hybridized carbons (Fsp3) is 0.778. The van der Waals surface area contributed by atoms with Crippen LogP contribution in [0.2, 0.25) is 0 Å². The van der Waals surface area contributed by atoms with Crippen LogP contribution >= 0.6 is 0 Å². The van der Waals surface area contributed by atoms with Crippen molar-refractivity contribution in [3.8, 4) is 0 Å². The van der Waals surface area contributed by atoms with Crippen LogP contribution in [0.25, 0.3) is 0 Å². The van der Waals surface area contributed by atoms with Gasteiger partial charge in [-0.15, -0.1) is 0 Å². The van der Waals surface area contributed by atoms with Gasteiger partial charge >= 0.3 is 11.9 Å². The molecule has 0 saturated heterocycles. The Bertz CT molecular complexity index is 1340. The summed E-state index contributed by atoms with van der Waals surface area (Å²) in [6.45, 7) is 10.4. The van der Waals surface area contributed by atoms with E-state index < -0.39 is 65.3 Å². The molecule has 0 aliphatic heterocycles. The first-order valence-electron chi connectivity index (χ1n) is 17.5. The predicted molar refractivity (Wildman–Crippen MR) is 174 cm³/mol. The van der Waals surface area contributed by atoms with Crippen LogP contribution < -0.4 is 10.6 Å². The average molecular weight is 675 g/mol. The lowest BCUT2D eigenvalue weighted by molar-refractivity contribution is -0.184. The Morgan fingerprint density at radius 3 is 2.31 bits per heavy atom. The molecule has 12 nitrogen and oxygen atoms in total. The number of carbonyl (C=O) groups is 6. The maximum atomic E-state index is 13.5. The van der Waals surface area contributed by atoms with Crippen molar-refractivity contribution in [2.24, 2.45) is 40.4 Å². The molecule has 48 heavy (non-hydrogen) atoms. The second kappa shape index (κ2) is 14.4. The van der Waals surface area contributed by atoms with Crippen LogP contribution in [-0.2, 0) is 33.5 Å². The Morgan fingerprint density at radius 1 is 1.00 bits per heavy atom. The van der Waals surface area contributed by atoms with Crippen LogP contribution in [0.4, 0.5) is 0 Å². The number of aliphatic hydroxyl groups excluding tert-OH is 1. The van der Waals surface area contributed by atoms with Crippen LogP contribution in [-0.4, -0.2) is 81.0 Å². The van der Waals surface area contributed by atoms with Gasteiger partial charge in [-0.1, -0.05) is 47.1 Å². The molecule has 0 radical (unpaired) electrons. The normalized spacial score (nSPS) is 33.9. The van der Waals surface area contributed by atoms with Crippen LogP contribution in [0.15, 0.2) is 11.6 Å². The molecule has 4 aliphatic carbocycles. The molecular weight excluding hydrogens is 620 g/mol. The quantitative estimate of drug-likeness (QED) is 0.181. The van der Waals surface area contributed by atoms with E-state index in [1.165, 1.54) is 0 Å². The van der Waals surface area contributed by atoms with E-state index in [2.05, 4.69) is 17.6 Å². The van der Waals surface area contributed by atoms with Gasteiger partial charge in [-0.3, -0.25) is 24.0 Å². The van der Waals surface area contributed by atoms with Gasteiger partial charge in [0.15, 0.2) is 12.4 Å². The first-order chi connectivity index (χ1) is 22.3. The van der Waals surface area contributed by atoms with Crippen molar-refractivity contribution in [2.45, 2.75) is 130 Å². The van der Waals surface area contributed by atoms with E-state index in [1.807, 2.05) is 20.8 Å². The number of amides is 2. The molecule has 268 valence electrons. The standard InChI is InChI=1S/C36H54N2O10/c1-19(2)15-25(33(45)46)37-32(44)31(20(3)4)38-28(42)9-10-29(43)48-18-27(41)36(47)14-12-24-23-8-7-21-16-22(39)11-13-34(21,5)30(23)26(40)17-35(24,36)6/h16,19-20,23-26,30-31,40,47H,7-15,17-18H2,1-6H3,(H,37,44)(H,38,42)(H,45,46)/t23-,24-,25+,26-,30+,31-,34-,35-,36-/m0/s1. The fourth-order valence-electron chi connectivity index (χ4n) is 9.44. The molecule has 0 unspecified atom stereocenters. The Kier molecular flexibility index (Phi) is 11.3. The molecular formula is C36H54N2O10. The van der Waals surface area contributed by atoms with Gasteiger partial charge in [0.25, 0.3) is 0 Å². The number of ketones is 2. The smallest absolute Gasteiger partial charge is 0.326 e. The van der Waals surface area contributed by atoms with Gasteiger partial charge in [-0.05, 0) is 86.0 Å². The molecule has 0 aromatic carbocycles. The summed E-state index contributed by atoms with van der Waals surface area (Å²) in [4.78, 5) is 75.4. The lowest BCUT2D eigenvalue weighted by Crippen LogP contribution is -2.62. The minimum Gasteiger partial charge on any atom is -0.480 e. The summed E-state index contributed by atoms with van der Waals surface area (Å²) in [6.07, 6.45) is 4.21. The largest absolute Gasteiger partial charge is 0.480 e. The van der Waals surface area contributed by atoms with E-state index in [4.69, 9.17) is 4.74 Å². The third-order valence-corrected chi connectivity index (χ3v) is 12.0. The Morgan fingerprint density at radius 2 is 1.69 bits per heavy atom. The zero-order valence-electron chi connectivity index (χ0n) is 29.2. The summed E-state index contributed by atoms with van der Waals surface area (Å²) in [5, 5.41) is 38.0. The molecule has 12 heteroatoms. The monoisotopic (exact) mass is 674 g/mol. The predicted octanol–water partition coefficient (Wildman–Crippen LogP) is 2.87. The fourth-order valence-corrected chi connectivity index (χ4v) is 9.44. The van der Waals surface area contributed by atoms with Gasteiger partial charge in [-0.2, -0.15) is 0 Å². The maximum absolute atomic E-state index is 13.5. The number of hydrogen-bond acceptors (Lipinski definition) is 9. The molecule has 5 N–H and O–H groups in total. The molecule has 4 aliphatic rings. The molecule has 9 atom stereocenters. The molecule has 2 amide bonds. The highest BCUT2D eigenvalue weighted by Crippen LogP contribution is 2.67. The first-order valence-corrected chi connectivity index (χ1v) is 17.5. The zero-order chi connectivity index (χ0) is 35.8. The van der Waals surface area contributed by atoms with E-state index in [1.54, 1.807) is 19.9 Å². The van der Waals surface area contributed by atoms with Gasteiger partial charge in [0, 0.05) is 18.3 Å². The van der Waals surface area contributed by atoms with Crippen LogP contribution in [0.5, 0.6) is 0 Å². The van der Waals surface area contributed by atoms with E-state index in [9.17, 15) is 44.1 Å². The van der Waals surface area contributed by atoms with E-state index in [0.717, 1.165) is 18.4 Å². The minimum absolute atomic E-state index is 0.0162. The number of ether oxygens (including phenoxy) is 1. The Hall–Kier alpha value is -3.12. The number of esters is 1. The highest BCUT2D eigenvalue weighted by molar-refractivity contribution is 5.93. The number of nitrogens with one attached hydrogen (secondary N) is 2. The summed E-state index contributed by atoms with van der Waals surface area (Å²) in [6, 6.07) is -2.12. The van der Waals surface area contributed by atoms with Gasteiger partial charge < -0.3 is 30.7 Å². The number of rotatable bonds is 13. The van der Waals surface area contributed by atoms with Crippen LogP contribution in [0.3, 0.4) is 0 Å². The summed E-state index contributed by atoms with van der Waals surface area (Å²) in [5.41, 5.74) is -1.90. The van der Waals surface area contributed by atoms with E-state index >= 15 is 0 Å². The SMILES string of the molecule is CC(C)C[C@@H](NC(=O)[C@@H](NC(=O)CCC(=O)OCC(=O)[C@@]1(O)CC[C@H]2[C@@H]3CCC4=CC(=O)CC[C@]4(C)[C@H]3[C@@H](O)C[C@@]21C)C(C)C)C(=O)O. The molecule has 0 bridgehead atoms. The van der Waals surface area contributed by atoms with E-state index in [0.29, 0.717) is 19.3 Å². The molecule has 0 heterocycles. The van der Waals surface area contributed by atoms with Crippen molar-refractivity contribution < 1.29 is 48.8 Å². The number of allylic oxidation sites excluding steroid dienone is 1. The van der Waals surface area contributed by atoms with Crippen molar-refractivity contribution >= 4 is 35.3 Å². The number of aliphatic hydroxyl groups is 2. The molecule has 0 aromatic rings. The molecule has 0 spiro atoms.